The van der Waals surface area contributed by atoms with Crippen molar-refractivity contribution in [2.45, 2.75) is 72.1 Å². The molecule has 1 fully saturated rings. The van der Waals surface area contributed by atoms with Gasteiger partial charge in [0, 0.05) is 29.8 Å². The predicted octanol–water partition coefficient (Wildman–Crippen LogP) is 4.15. The van der Waals surface area contributed by atoms with Gasteiger partial charge in [-0.25, -0.2) is 0 Å². The number of ketones is 1. The predicted molar refractivity (Wildman–Crippen MR) is 94.5 cm³/mol. The third-order valence-corrected chi connectivity index (χ3v) is 10.5. The highest BCUT2D eigenvalue weighted by atomic mass is 28.4. The number of nitrogens with zero attached hydrogens (tertiary/aromatic N) is 1. The Morgan fingerprint density at radius 2 is 1.87 bits per heavy atom. The lowest BCUT2D eigenvalue weighted by atomic mass is 9.67. The van der Waals surface area contributed by atoms with E-state index in [1.165, 1.54) is 0 Å². The fraction of sp³-hybridized carbons (Fsp3) is 0.941. The summed E-state index contributed by atoms with van der Waals surface area (Å²) >= 11 is 0. The van der Waals surface area contributed by atoms with Crippen molar-refractivity contribution in [3.8, 4) is 0 Å². The zero-order valence-corrected chi connectivity index (χ0v) is 16.9. The Bertz CT molecular complexity index is 456. The highest BCUT2D eigenvalue weighted by Crippen LogP contribution is 2.41. The maximum atomic E-state index is 12.3. The van der Waals surface area contributed by atoms with Crippen molar-refractivity contribution < 1.29 is 14.1 Å². The van der Waals surface area contributed by atoms with Gasteiger partial charge < -0.3 is 4.43 Å². The summed E-state index contributed by atoms with van der Waals surface area (Å²) in [7, 11) is -1.99. The van der Waals surface area contributed by atoms with E-state index in [9.17, 15) is 14.9 Å². The van der Waals surface area contributed by atoms with Gasteiger partial charge in [0.25, 0.3) is 0 Å². The van der Waals surface area contributed by atoms with Crippen LogP contribution in [0.4, 0.5) is 0 Å². The van der Waals surface area contributed by atoms with Crippen molar-refractivity contribution in [3.63, 3.8) is 0 Å². The van der Waals surface area contributed by atoms with Gasteiger partial charge >= 0.3 is 0 Å². The first-order chi connectivity index (χ1) is 10.3. The fourth-order valence-electron chi connectivity index (χ4n) is 3.10. The number of hydrogen-bond acceptors (Lipinski definition) is 4. The molecule has 0 bridgehead atoms. The zero-order chi connectivity index (χ0) is 18.2. The molecule has 0 radical (unpaired) electrons. The molecule has 1 rings (SSSR count). The number of nitro groups is 1. The van der Waals surface area contributed by atoms with E-state index in [2.05, 4.69) is 33.9 Å². The van der Waals surface area contributed by atoms with Crippen molar-refractivity contribution in [2.75, 3.05) is 6.61 Å². The first-order valence-electron chi connectivity index (χ1n) is 8.59. The summed E-state index contributed by atoms with van der Waals surface area (Å²) in [5.74, 6) is -0.553. The summed E-state index contributed by atoms with van der Waals surface area (Å²) < 4.78 is 6.24. The van der Waals surface area contributed by atoms with Gasteiger partial charge in [0.15, 0.2) is 8.32 Å². The molecule has 0 aromatic rings. The second-order valence-corrected chi connectivity index (χ2v) is 13.7. The van der Waals surface area contributed by atoms with Gasteiger partial charge in [-0.15, -0.1) is 0 Å². The van der Waals surface area contributed by atoms with Crippen LogP contribution in [-0.2, 0) is 9.22 Å². The van der Waals surface area contributed by atoms with E-state index in [1.54, 1.807) is 0 Å². The summed E-state index contributed by atoms with van der Waals surface area (Å²) in [6.45, 7) is 16.8. The first-order valence-corrected chi connectivity index (χ1v) is 11.5. The van der Waals surface area contributed by atoms with Gasteiger partial charge in [0.2, 0.25) is 6.04 Å². The standard InChI is InChI=1S/C17H33NO4Si/c1-11(2)13-9-15(19)12(3)14(16(13)18(20)21)10-22-23(7,8)17(4,5)6/h11-14,16H,9-10H2,1-8H3/t12-,13-,14+,16-/m1/s1. The Morgan fingerprint density at radius 3 is 2.26 bits per heavy atom. The molecule has 0 saturated heterocycles. The second kappa shape index (κ2) is 7.01. The number of rotatable bonds is 5. The molecular weight excluding hydrogens is 310 g/mol. The molecule has 0 N–H and O–H groups in total. The summed E-state index contributed by atoms with van der Waals surface area (Å²) in [6, 6.07) is -0.688. The average molecular weight is 344 g/mol. The minimum atomic E-state index is -1.99. The highest BCUT2D eigenvalue weighted by Gasteiger charge is 2.51. The van der Waals surface area contributed by atoms with Gasteiger partial charge in [0.05, 0.1) is 5.92 Å². The molecule has 6 heteroatoms. The van der Waals surface area contributed by atoms with Crippen LogP contribution in [0.3, 0.4) is 0 Å². The summed E-state index contributed by atoms with van der Waals surface area (Å²) in [4.78, 5) is 23.9. The van der Waals surface area contributed by atoms with Crippen LogP contribution in [-0.4, -0.2) is 31.7 Å². The molecule has 1 aliphatic carbocycles. The average Bonchev–Trinajstić information content (AvgIpc) is 2.37. The first kappa shape index (κ1) is 20.3. The molecule has 23 heavy (non-hydrogen) atoms. The Kier molecular flexibility index (Phi) is 6.19. The molecule has 4 atom stereocenters. The second-order valence-electron chi connectivity index (χ2n) is 8.88. The lowest BCUT2D eigenvalue weighted by Gasteiger charge is -2.41. The highest BCUT2D eigenvalue weighted by molar-refractivity contribution is 6.74. The van der Waals surface area contributed by atoms with E-state index in [-0.39, 0.29) is 39.4 Å². The molecule has 1 aliphatic rings. The molecule has 0 heterocycles. The molecule has 0 spiro atoms. The minimum Gasteiger partial charge on any atom is -0.416 e. The van der Waals surface area contributed by atoms with E-state index in [0.717, 1.165) is 0 Å². The third-order valence-electron chi connectivity index (χ3n) is 6.01. The Hall–Kier alpha value is -0.753. The molecule has 0 unspecified atom stereocenters. The Labute approximate surface area is 141 Å². The van der Waals surface area contributed by atoms with Crippen LogP contribution in [0.2, 0.25) is 18.1 Å². The lowest BCUT2D eigenvalue weighted by molar-refractivity contribution is -0.547. The SMILES string of the molecule is CC(C)[C@H]1CC(=O)[C@H](C)[C@H](CO[Si](C)(C)C(C)(C)C)[C@@H]1[N+](=O)[O-]. The Balaban J connectivity index is 3.03. The van der Waals surface area contributed by atoms with Crippen LogP contribution in [0.5, 0.6) is 0 Å². The molecular formula is C17H33NO4Si. The molecule has 0 aromatic heterocycles. The number of carbonyl (C=O) groups is 1. The zero-order valence-electron chi connectivity index (χ0n) is 15.9. The van der Waals surface area contributed by atoms with Crippen LogP contribution in [0, 0.1) is 33.8 Å². The monoisotopic (exact) mass is 343 g/mol. The summed E-state index contributed by atoms with van der Waals surface area (Å²) in [5, 5.41) is 11.8. The van der Waals surface area contributed by atoms with E-state index in [4.69, 9.17) is 4.43 Å². The molecule has 1 saturated carbocycles. The topological polar surface area (TPSA) is 69.4 Å². The van der Waals surface area contributed by atoms with Gasteiger partial charge in [-0.2, -0.15) is 0 Å². The van der Waals surface area contributed by atoms with Gasteiger partial charge in [-0.05, 0) is 24.1 Å². The normalized spacial score (nSPS) is 29.9. The fourth-order valence-corrected chi connectivity index (χ4v) is 4.14. The van der Waals surface area contributed by atoms with Crippen LogP contribution in [0.25, 0.3) is 0 Å². The number of carbonyl (C=O) groups excluding carboxylic acids is 1. The minimum absolute atomic E-state index is 0.0521. The van der Waals surface area contributed by atoms with E-state index < -0.39 is 14.4 Å². The van der Waals surface area contributed by atoms with Gasteiger partial charge in [0.1, 0.15) is 5.78 Å². The summed E-state index contributed by atoms with van der Waals surface area (Å²) in [6.07, 6.45) is 0.321. The lowest BCUT2D eigenvalue weighted by Crippen LogP contribution is -2.52. The van der Waals surface area contributed by atoms with Crippen molar-refractivity contribution in [3.05, 3.63) is 10.1 Å². The van der Waals surface area contributed by atoms with E-state index >= 15 is 0 Å². The molecule has 0 aromatic carbocycles. The van der Waals surface area contributed by atoms with Gasteiger partial charge in [-0.1, -0.05) is 41.5 Å². The van der Waals surface area contributed by atoms with Crippen LogP contribution in [0.15, 0.2) is 0 Å². The molecule has 0 amide bonds. The maximum absolute atomic E-state index is 12.3. The van der Waals surface area contributed by atoms with Crippen LogP contribution >= 0.6 is 0 Å². The quantitative estimate of drug-likeness (QED) is 0.427. The number of hydrogen-bond donors (Lipinski definition) is 0. The smallest absolute Gasteiger partial charge is 0.222 e. The van der Waals surface area contributed by atoms with Crippen molar-refractivity contribution in [2.24, 2.45) is 23.7 Å². The third kappa shape index (κ3) is 4.41. The van der Waals surface area contributed by atoms with E-state index in [0.29, 0.717) is 13.0 Å². The van der Waals surface area contributed by atoms with Crippen molar-refractivity contribution in [1.82, 2.24) is 0 Å². The van der Waals surface area contributed by atoms with E-state index in [1.807, 2.05) is 20.8 Å². The molecule has 0 aliphatic heterocycles. The van der Waals surface area contributed by atoms with Crippen molar-refractivity contribution in [1.29, 1.82) is 0 Å². The van der Waals surface area contributed by atoms with Crippen LogP contribution in [0.1, 0.15) is 48.0 Å². The largest absolute Gasteiger partial charge is 0.416 e. The van der Waals surface area contributed by atoms with Crippen molar-refractivity contribution >= 4 is 14.1 Å². The maximum Gasteiger partial charge on any atom is 0.222 e. The molecule has 5 nitrogen and oxygen atoms in total. The Morgan fingerprint density at radius 1 is 1.35 bits per heavy atom. The summed E-state index contributed by atoms with van der Waals surface area (Å²) in [5.41, 5.74) is 0. The number of Topliss-reactive ketones (excluding diaryl/α,β-unsaturated/α-hetero) is 1. The van der Waals surface area contributed by atoms with Crippen LogP contribution < -0.4 is 0 Å². The van der Waals surface area contributed by atoms with Gasteiger partial charge in [-0.3, -0.25) is 14.9 Å². The molecule has 134 valence electrons.